The topological polar surface area (TPSA) is 97.8 Å². The lowest BCUT2D eigenvalue weighted by Gasteiger charge is -2.15. The molecule has 0 radical (unpaired) electrons. The highest BCUT2D eigenvalue weighted by Gasteiger charge is 2.31. The number of ether oxygens (including phenoxy) is 3. The molecule has 0 aliphatic rings. The van der Waals surface area contributed by atoms with Crippen LogP contribution in [0.15, 0.2) is 48.8 Å². The summed E-state index contributed by atoms with van der Waals surface area (Å²) in [6, 6.07) is 6.76. The van der Waals surface area contributed by atoms with Crippen LogP contribution in [0.25, 0.3) is 10.9 Å². The maximum absolute atomic E-state index is 12.5. The maximum atomic E-state index is 12.5. The van der Waals surface area contributed by atoms with E-state index in [2.05, 4.69) is 25.3 Å². The molecule has 0 saturated heterocycles. The van der Waals surface area contributed by atoms with Gasteiger partial charge in [-0.1, -0.05) is 17.7 Å². The number of carbonyl (C=O) groups excluding carboxylic acids is 1. The first-order valence-electron chi connectivity index (χ1n) is 10.9. The zero-order valence-electron chi connectivity index (χ0n) is 20.2. The lowest BCUT2D eigenvalue weighted by molar-refractivity contribution is -0.274. The van der Waals surface area contributed by atoms with Gasteiger partial charge in [0.05, 0.1) is 28.5 Å². The van der Waals surface area contributed by atoms with Crippen molar-refractivity contribution in [3.8, 4) is 11.5 Å². The number of amides is 1. The Balaban J connectivity index is 1.94. The molecular formula is C24H25ClF3N5O4. The lowest BCUT2D eigenvalue weighted by atomic mass is 10.1. The molecule has 2 aromatic carbocycles. The molecule has 0 bridgehead atoms. The maximum Gasteiger partial charge on any atom is 0.573 e. The van der Waals surface area contributed by atoms with E-state index < -0.39 is 12.1 Å². The highest BCUT2D eigenvalue weighted by atomic mass is 35.5. The fourth-order valence-corrected chi connectivity index (χ4v) is 3.32. The van der Waals surface area contributed by atoms with Gasteiger partial charge in [-0.15, -0.1) is 13.2 Å². The summed E-state index contributed by atoms with van der Waals surface area (Å²) in [7, 11) is 5.30. The lowest BCUT2D eigenvalue weighted by Crippen LogP contribution is -2.17. The van der Waals surface area contributed by atoms with E-state index >= 15 is 0 Å². The summed E-state index contributed by atoms with van der Waals surface area (Å²) in [5, 5.41) is 6.26. The van der Waals surface area contributed by atoms with Crippen LogP contribution in [0.5, 0.6) is 11.5 Å². The number of nitrogens with zero attached hydrogens (tertiary/aromatic N) is 3. The Morgan fingerprint density at radius 2 is 1.92 bits per heavy atom. The number of hydrogen-bond donors (Lipinski definition) is 2. The van der Waals surface area contributed by atoms with Crippen LogP contribution in [0.3, 0.4) is 0 Å². The van der Waals surface area contributed by atoms with Gasteiger partial charge in [0, 0.05) is 37.2 Å². The molecule has 0 aliphatic heterocycles. The number of halogens is 4. The van der Waals surface area contributed by atoms with Crippen LogP contribution in [0, 0.1) is 0 Å². The Kier molecular flexibility index (Phi) is 9.50. The molecule has 13 heteroatoms. The predicted molar refractivity (Wildman–Crippen MR) is 135 cm³/mol. The molecule has 3 aromatic rings. The van der Waals surface area contributed by atoms with Crippen LogP contribution in [0.4, 0.5) is 30.4 Å². The molecule has 0 atom stereocenters. The number of likely N-dealkylation sites (N-methyl/N-ethyl adjacent to an activating group) is 1. The van der Waals surface area contributed by atoms with Crippen molar-refractivity contribution in [3.05, 3.63) is 53.8 Å². The summed E-state index contributed by atoms with van der Waals surface area (Å²) in [4.78, 5) is 22.9. The number of aromatic nitrogens is 2. The number of anilines is 3. The molecule has 9 nitrogen and oxygen atoms in total. The highest BCUT2D eigenvalue weighted by molar-refractivity contribution is 6.33. The zero-order valence-corrected chi connectivity index (χ0v) is 21.0. The third-order valence-electron chi connectivity index (χ3n) is 4.71. The summed E-state index contributed by atoms with van der Waals surface area (Å²) in [6.07, 6.45) is -0.409. The van der Waals surface area contributed by atoms with Crippen molar-refractivity contribution in [1.82, 2.24) is 14.9 Å². The molecule has 1 heterocycles. The van der Waals surface area contributed by atoms with Crippen molar-refractivity contribution in [2.45, 2.75) is 6.36 Å². The van der Waals surface area contributed by atoms with E-state index in [4.69, 9.17) is 21.1 Å². The molecular weight excluding hydrogens is 515 g/mol. The quantitative estimate of drug-likeness (QED) is 0.259. The number of nitrogens with one attached hydrogen (secondary N) is 2. The normalized spacial score (nSPS) is 11.8. The Morgan fingerprint density at radius 1 is 1.14 bits per heavy atom. The number of carbonyl (C=O) groups is 1. The van der Waals surface area contributed by atoms with Crippen LogP contribution in [0.2, 0.25) is 5.02 Å². The average molecular weight is 540 g/mol. The van der Waals surface area contributed by atoms with E-state index in [9.17, 15) is 18.0 Å². The third-order valence-corrected chi connectivity index (χ3v) is 5.02. The number of benzene rings is 2. The number of fused-ring (bicyclic) bond motifs is 1. The van der Waals surface area contributed by atoms with Crippen molar-refractivity contribution in [2.75, 3.05) is 51.6 Å². The molecule has 198 valence electrons. The van der Waals surface area contributed by atoms with Gasteiger partial charge in [0.25, 0.3) is 0 Å². The molecule has 1 aromatic heterocycles. The fourth-order valence-electron chi connectivity index (χ4n) is 3.10. The first-order valence-corrected chi connectivity index (χ1v) is 11.3. The Labute approximate surface area is 216 Å². The van der Waals surface area contributed by atoms with Gasteiger partial charge in [-0.05, 0) is 32.3 Å². The Bertz CT molecular complexity index is 1270. The molecule has 1 amide bonds. The van der Waals surface area contributed by atoms with Crippen LogP contribution >= 0.6 is 11.6 Å². The smallest absolute Gasteiger partial charge is 0.489 e. The van der Waals surface area contributed by atoms with E-state index in [1.807, 2.05) is 19.0 Å². The molecule has 0 saturated carbocycles. The van der Waals surface area contributed by atoms with Crippen LogP contribution in [-0.4, -0.2) is 68.1 Å². The molecule has 3 rings (SSSR count). The van der Waals surface area contributed by atoms with Crippen molar-refractivity contribution in [1.29, 1.82) is 0 Å². The summed E-state index contributed by atoms with van der Waals surface area (Å²) in [5.41, 5.74) is 1.13. The summed E-state index contributed by atoms with van der Waals surface area (Å²) < 4.78 is 52.2. The van der Waals surface area contributed by atoms with Gasteiger partial charge < -0.3 is 29.7 Å². The summed E-state index contributed by atoms with van der Waals surface area (Å²) in [6.45, 7) is 1.15. The van der Waals surface area contributed by atoms with Gasteiger partial charge >= 0.3 is 6.36 Å². The monoisotopic (exact) mass is 539 g/mol. The number of alkyl halides is 3. The van der Waals surface area contributed by atoms with Crippen LogP contribution < -0.4 is 20.1 Å². The second-order valence-electron chi connectivity index (χ2n) is 7.90. The molecule has 0 aliphatic carbocycles. The summed E-state index contributed by atoms with van der Waals surface area (Å²) in [5.74, 6) is -0.151. The fraction of sp³-hybridized carbons (Fsp3) is 0.292. The van der Waals surface area contributed by atoms with Crippen molar-refractivity contribution < 1.29 is 32.2 Å². The SMILES string of the molecule is COCCOc1cc2ncnc(Nc3ccc(OC(F)(F)F)cc3Cl)c2cc1NC(=O)C=CCN(C)C. The average Bonchev–Trinajstić information content (AvgIpc) is 2.80. The number of rotatable bonds is 11. The predicted octanol–water partition coefficient (Wildman–Crippen LogP) is 5.01. The molecule has 37 heavy (non-hydrogen) atoms. The standard InChI is InChI=1S/C24H25ClF3N5O4/c1-33(2)8-4-5-22(34)31-20-12-16-19(13-21(20)36-10-9-35-3)29-14-30-23(16)32-18-7-6-15(11-17(18)25)37-24(26,27)28/h4-7,11-14H,8-10H2,1-3H3,(H,31,34)(H,29,30,32). The van der Waals surface area contributed by atoms with E-state index in [0.29, 0.717) is 41.3 Å². The van der Waals surface area contributed by atoms with Crippen molar-refractivity contribution in [3.63, 3.8) is 0 Å². The number of hydrogen-bond acceptors (Lipinski definition) is 8. The van der Waals surface area contributed by atoms with Gasteiger partial charge in [-0.3, -0.25) is 4.79 Å². The largest absolute Gasteiger partial charge is 0.573 e. The number of methoxy groups -OCH3 is 1. The van der Waals surface area contributed by atoms with Crippen LogP contribution in [-0.2, 0) is 9.53 Å². The minimum Gasteiger partial charge on any atom is -0.489 e. The van der Waals surface area contributed by atoms with Gasteiger partial charge in [-0.25, -0.2) is 9.97 Å². The summed E-state index contributed by atoms with van der Waals surface area (Å²) >= 11 is 6.17. The second kappa shape index (κ2) is 12.6. The van der Waals surface area contributed by atoms with Crippen molar-refractivity contribution >= 4 is 45.6 Å². The van der Waals surface area contributed by atoms with E-state index in [-0.39, 0.29) is 23.2 Å². The minimum atomic E-state index is -4.84. The van der Waals surface area contributed by atoms with E-state index in [1.165, 1.54) is 18.5 Å². The van der Waals surface area contributed by atoms with Gasteiger partial charge in [-0.2, -0.15) is 0 Å². The minimum absolute atomic E-state index is 0.0208. The Hall–Kier alpha value is -3.61. The van der Waals surface area contributed by atoms with Gasteiger partial charge in [0.2, 0.25) is 5.91 Å². The third kappa shape index (κ3) is 8.48. The second-order valence-corrected chi connectivity index (χ2v) is 8.30. The highest BCUT2D eigenvalue weighted by Crippen LogP contribution is 2.36. The van der Waals surface area contributed by atoms with Crippen molar-refractivity contribution in [2.24, 2.45) is 0 Å². The molecule has 0 fully saturated rings. The van der Waals surface area contributed by atoms with Gasteiger partial charge in [0.1, 0.15) is 30.3 Å². The molecule has 0 spiro atoms. The molecule has 0 unspecified atom stereocenters. The zero-order chi connectivity index (χ0) is 27.0. The van der Waals surface area contributed by atoms with Crippen LogP contribution in [0.1, 0.15) is 0 Å². The van der Waals surface area contributed by atoms with E-state index in [0.717, 1.165) is 12.1 Å². The molecule has 2 N–H and O–H groups in total. The van der Waals surface area contributed by atoms with E-state index in [1.54, 1.807) is 25.3 Å². The van der Waals surface area contributed by atoms with Gasteiger partial charge in [0.15, 0.2) is 0 Å². The first-order chi connectivity index (χ1) is 17.6. The Morgan fingerprint density at radius 3 is 2.59 bits per heavy atom. The first kappa shape index (κ1) is 28.0.